The third kappa shape index (κ3) is 2.16. The van der Waals surface area contributed by atoms with Crippen LogP contribution in [0.3, 0.4) is 0 Å². The summed E-state index contributed by atoms with van der Waals surface area (Å²) in [6, 6.07) is 7.45. The molecule has 0 spiro atoms. The Morgan fingerprint density at radius 1 is 1.29 bits per heavy atom. The molecule has 0 aliphatic carbocycles. The van der Waals surface area contributed by atoms with Gasteiger partial charge in [0, 0.05) is 29.3 Å². The van der Waals surface area contributed by atoms with Crippen molar-refractivity contribution in [3.8, 4) is 0 Å². The zero-order chi connectivity index (χ0) is 11.8. The molecule has 0 radical (unpaired) electrons. The van der Waals surface area contributed by atoms with Gasteiger partial charge in [-0.05, 0) is 50.4 Å². The molecule has 1 aromatic carbocycles. The van der Waals surface area contributed by atoms with Crippen LogP contribution in [0.25, 0.3) is 0 Å². The molecule has 1 N–H and O–H groups in total. The van der Waals surface area contributed by atoms with Gasteiger partial charge in [0.15, 0.2) is 0 Å². The van der Waals surface area contributed by atoms with E-state index in [0.29, 0.717) is 6.04 Å². The van der Waals surface area contributed by atoms with E-state index in [-0.39, 0.29) is 0 Å². The number of nitrogens with zero attached hydrogens (tertiary/aromatic N) is 1. The molecule has 0 aromatic heterocycles. The standard InChI is InChI=1S/C14H19ClN2/c1-10-4-5-11(15)9-13(10)16-12-6-8-17-7-2-3-14(12)17/h4-5,9,12,14,16H,2-3,6-8H2,1H3. The van der Waals surface area contributed by atoms with Gasteiger partial charge >= 0.3 is 0 Å². The Hall–Kier alpha value is -0.730. The van der Waals surface area contributed by atoms with Gasteiger partial charge in [-0.3, -0.25) is 4.90 Å². The number of aryl methyl sites for hydroxylation is 1. The molecule has 2 unspecified atom stereocenters. The van der Waals surface area contributed by atoms with Gasteiger partial charge in [0.05, 0.1) is 0 Å². The molecule has 2 nitrogen and oxygen atoms in total. The first kappa shape index (κ1) is 11.4. The number of hydrogen-bond acceptors (Lipinski definition) is 2. The zero-order valence-electron chi connectivity index (χ0n) is 10.2. The van der Waals surface area contributed by atoms with Crippen molar-refractivity contribution in [1.82, 2.24) is 4.90 Å². The molecule has 3 heteroatoms. The molecule has 2 heterocycles. The highest BCUT2D eigenvalue weighted by molar-refractivity contribution is 6.30. The van der Waals surface area contributed by atoms with E-state index in [0.717, 1.165) is 11.1 Å². The number of anilines is 1. The lowest BCUT2D eigenvalue weighted by Crippen LogP contribution is -2.33. The molecular formula is C14H19ClN2. The summed E-state index contributed by atoms with van der Waals surface area (Å²) in [7, 11) is 0. The second kappa shape index (κ2) is 4.51. The number of halogens is 1. The van der Waals surface area contributed by atoms with Gasteiger partial charge in [-0.15, -0.1) is 0 Å². The zero-order valence-corrected chi connectivity index (χ0v) is 11.0. The van der Waals surface area contributed by atoms with Gasteiger partial charge in [0.1, 0.15) is 0 Å². The highest BCUT2D eigenvalue weighted by Crippen LogP contribution is 2.31. The normalized spacial score (nSPS) is 28.4. The first-order valence-electron chi connectivity index (χ1n) is 6.51. The Morgan fingerprint density at radius 2 is 2.18 bits per heavy atom. The minimum atomic E-state index is 0.606. The Bertz CT molecular complexity index is 419. The molecule has 2 atom stereocenters. The van der Waals surface area contributed by atoms with Crippen molar-refractivity contribution in [1.29, 1.82) is 0 Å². The van der Waals surface area contributed by atoms with E-state index in [4.69, 9.17) is 11.6 Å². The molecule has 2 aliphatic heterocycles. The molecule has 2 aliphatic rings. The average molecular weight is 251 g/mol. The molecule has 2 fully saturated rings. The predicted octanol–water partition coefficient (Wildman–Crippen LogP) is 3.30. The van der Waals surface area contributed by atoms with E-state index in [1.165, 1.54) is 43.6 Å². The van der Waals surface area contributed by atoms with Crippen LogP contribution in [0.15, 0.2) is 18.2 Å². The number of fused-ring (bicyclic) bond motifs is 1. The summed E-state index contributed by atoms with van der Waals surface area (Å²) in [5.41, 5.74) is 2.49. The summed E-state index contributed by atoms with van der Waals surface area (Å²) in [4.78, 5) is 2.62. The van der Waals surface area contributed by atoms with Crippen LogP contribution in [0.1, 0.15) is 24.8 Å². The topological polar surface area (TPSA) is 15.3 Å². The third-order valence-electron chi connectivity index (χ3n) is 4.15. The lowest BCUT2D eigenvalue weighted by molar-refractivity contribution is 0.318. The van der Waals surface area contributed by atoms with Crippen molar-refractivity contribution in [2.24, 2.45) is 0 Å². The number of hydrogen-bond donors (Lipinski definition) is 1. The van der Waals surface area contributed by atoms with Crippen LogP contribution in [0.5, 0.6) is 0 Å². The maximum absolute atomic E-state index is 6.06. The average Bonchev–Trinajstić information content (AvgIpc) is 2.88. The van der Waals surface area contributed by atoms with E-state index in [1.807, 2.05) is 6.07 Å². The first-order chi connectivity index (χ1) is 8.24. The third-order valence-corrected chi connectivity index (χ3v) is 4.38. The van der Waals surface area contributed by atoms with Crippen molar-refractivity contribution in [2.75, 3.05) is 18.4 Å². The number of nitrogens with one attached hydrogen (secondary N) is 1. The number of rotatable bonds is 2. The van der Waals surface area contributed by atoms with Crippen molar-refractivity contribution >= 4 is 17.3 Å². The van der Waals surface area contributed by atoms with Crippen LogP contribution in [-0.2, 0) is 0 Å². The number of benzene rings is 1. The van der Waals surface area contributed by atoms with Crippen LogP contribution < -0.4 is 5.32 Å². The molecule has 17 heavy (non-hydrogen) atoms. The van der Waals surface area contributed by atoms with Gasteiger partial charge in [-0.2, -0.15) is 0 Å². The Morgan fingerprint density at radius 3 is 3.06 bits per heavy atom. The fourth-order valence-corrected chi connectivity index (χ4v) is 3.37. The Kier molecular flexibility index (Phi) is 3.01. The second-order valence-electron chi connectivity index (χ2n) is 5.24. The highest BCUT2D eigenvalue weighted by atomic mass is 35.5. The van der Waals surface area contributed by atoms with Crippen LogP contribution in [-0.4, -0.2) is 30.1 Å². The summed E-state index contributed by atoms with van der Waals surface area (Å²) >= 11 is 6.06. The maximum Gasteiger partial charge on any atom is 0.0429 e. The lowest BCUT2D eigenvalue weighted by Gasteiger charge is -2.23. The first-order valence-corrected chi connectivity index (χ1v) is 6.88. The Balaban J connectivity index is 1.76. The molecule has 1 aromatic rings. The SMILES string of the molecule is Cc1ccc(Cl)cc1NC1CCN2CCCC12. The summed E-state index contributed by atoms with van der Waals surface area (Å²) in [5, 5.41) is 4.51. The van der Waals surface area contributed by atoms with E-state index in [2.05, 4.69) is 29.3 Å². The summed E-state index contributed by atoms with van der Waals surface area (Å²) in [5.74, 6) is 0. The van der Waals surface area contributed by atoms with Gasteiger partial charge in [0.25, 0.3) is 0 Å². The maximum atomic E-state index is 6.06. The molecule has 2 saturated heterocycles. The smallest absolute Gasteiger partial charge is 0.0429 e. The molecule has 0 amide bonds. The van der Waals surface area contributed by atoms with Crippen LogP contribution in [0, 0.1) is 6.92 Å². The van der Waals surface area contributed by atoms with Gasteiger partial charge in [0.2, 0.25) is 0 Å². The monoisotopic (exact) mass is 250 g/mol. The van der Waals surface area contributed by atoms with Crippen molar-refractivity contribution in [3.05, 3.63) is 28.8 Å². The summed E-state index contributed by atoms with van der Waals surface area (Å²) in [6.07, 6.45) is 3.96. The predicted molar refractivity (Wildman–Crippen MR) is 72.8 cm³/mol. The van der Waals surface area contributed by atoms with Gasteiger partial charge in [-0.25, -0.2) is 0 Å². The van der Waals surface area contributed by atoms with E-state index in [9.17, 15) is 0 Å². The molecule has 92 valence electrons. The largest absolute Gasteiger partial charge is 0.380 e. The van der Waals surface area contributed by atoms with E-state index >= 15 is 0 Å². The highest BCUT2D eigenvalue weighted by Gasteiger charge is 2.37. The van der Waals surface area contributed by atoms with E-state index < -0.39 is 0 Å². The lowest BCUT2D eigenvalue weighted by atomic mass is 10.1. The van der Waals surface area contributed by atoms with Crippen LogP contribution >= 0.6 is 11.6 Å². The van der Waals surface area contributed by atoms with Gasteiger partial charge in [-0.1, -0.05) is 17.7 Å². The minimum absolute atomic E-state index is 0.606. The Labute approximate surface area is 108 Å². The van der Waals surface area contributed by atoms with Crippen molar-refractivity contribution in [2.45, 2.75) is 38.3 Å². The molecule has 0 bridgehead atoms. The molecule has 0 saturated carbocycles. The van der Waals surface area contributed by atoms with Gasteiger partial charge < -0.3 is 5.32 Å². The van der Waals surface area contributed by atoms with E-state index in [1.54, 1.807) is 0 Å². The minimum Gasteiger partial charge on any atom is -0.380 e. The van der Waals surface area contributed by atoms with Crippen LogP contribution in [0.2, 0.25) is 5.02 Å². The molecule has 3 rings (SSSR count). The second-order valence-corrected chi connectivity index (χ2v) is 5.68. The van der Waals surface area contributed by atoms with Crippen molar-refractivity contribution < 1.29 is 0 Å². The summed E-state index contributed by atoms with van der Waals surface area (Å²) in [6.45, 7) is 4.68. The fraction of sp³-hybridized carbons (Fsp3) is 0.571. The quantitative estimate of drug-likeness (QED) is 0.867. The summed E-state index contributed by atoms with van der Waals surface area (Å²) < 4.78 is 0. The fourth-order valence-electron chi connectivity index (χ4n) is 3.20. The molecular weight excluding hydrogens is 232 g/mol. The van der Waals surface area contributed by atoms with Crippen molar-refractivity contribution in [3.63, 3.8) is 0 Å². The van der Waals surface area contributed by atoms with Crippen LogP contribution in [0.4, 0.5) is 5.69 Å².